The van der Waals surface area contributed by atoms with E-state index < -0.39 is 5.91 Å². The molecule has 0 atom stereocenters. The number of oxime groups is 1. The van der Waals surface area contributed by atoms with Gasteiger partial charge in [-0.2, -0.15) is 0 Å². The lowest BCUT2D eigenvalue weighted by molar-refractivity contribution is -0.117. The van der Waals surface area contributed by atoms with Crippen LogP contribution in [0.25, 0.3) is 0 Å². The van der Waals surface area contributed by atoms with Crippen LogP contribution in [0.4, 0.5) is 5.00 Å². The smallest absolute Gasteiger partial charge is 0.251 e. The molecular formula is C13H15N3O3S. The van der Waals surface area contributed by atoms with E-state index in [0.717, 1.165) is 23.3 Å². The number of nitrogens with zero attached hydrogens (tertiary/aromatic N) is 1. The second-order valence-corrected chi connectivity index (χ2v) is 6.28. The molecule has 2 aliphatic carbocycles. The van der Waals surface area contributed by atoms with Crippen molar-refractivity contribution in [1.29, 1.82) is 0 Å². The van der Waals surface area contributed by atoms with Gasteiger partial charge in [0.25, 0.3) is 5.91 Å². The van der Waals surface area contributed by atoms with Crippen molar-refractivity contribution in [3.63, 3.8) is 0 Å². The van der Waals surface area contributed by atoms with Crippen LogP contribution in [0.15, 0.2) is 5.16 Å². The number of thiophene rings is 1. The van der Waals surface area contributed by atoms with Crippen molar-refractivity contribution in [3.8, 4) is 0 Å². The Kier molecular flexibility index (Phi) is 3.21. The zero-order valence-corrected chi connectivity index (χ0v) is 11.6. The van der Waals surface area contributed by atoms with Crippen LogP contribution in [0, 0.1) is 5.92 Å². The molecule has 0 spiro atoms. The maximum atomic E-state index is 11.9. The van der Waals surface area contributed by atoms with Crippen LogP contribution in [-0.4, -0.2) is 22.7 Å². The number of fused-ring (bicyclic) bond motifs is 1. The molecule has 0 aliphatic heterocycles. The molecule has 4 N–H and O–H groups in total. The first-order valence-corrected chi connectivity index (χ1v) is 7.36. The van der Waals surface area contributed by atoms with E-state index >= 15 is 0 Å². The van der Waals surface area contributed by atoms with Crippen LogP contribution in [0.2, 0.25) is 0 Å². The third-order valence-electron chi connectivity index (χ3n) is 3.69. The van der Waals surface area contributed by atoms with Crippen LogP contribution in [-0.2, 0) is 17.6 Å². The highest BCUT2D eigenvalue weighted by Crippen LogP contribution is 2.39. The number of carbonyl (C=O) groups excluding carboxylic acids is 2. The summed E-state index contributed by atoms with van der Waals surface area (Å²) in [7, 11) is 0. The van der Waals surface area contributed by atoms with Gasteiger partial charge in [0.05, 0.1) is 11.3 Å². The minimum atomic E-state index is -0.516. The molecule has 3 rings (SSSR count). The molecule has 0 saturated heterocycles. The number of hydrogen-bond acceptors (Lipinski definition) is 5. The number of nitrogens with two attached hydrogens (primary N) is 1. The molecule has 1 fully saturated rings. The van der Waals surface area contributed by atoms with Crippen molar-refractivity contribution in [2.24, 2.45) is 16.8 Å². The Bertz CT molecular complexity index is 617. The van der Waals surface area contributed by atoms with Gasteiger partial charge in [0.1, 0.15) is 5.00 Å². The maximum Gasteiger partial charge on any atom is 0.251 e. The van der Waals surface area contributed by atoms with Gasteiger partial charge in [-0.15, -0.1) is 11.3 Å². The molecule has 6 nitrogen and oxygen atoms in total. The summed E-state index contributed by atoms with van der Waals surface area (Å²) in [6, 6.07) is 0. The molecule has 1 aromatic heterocycles. The zero-order chi connectivity index (χ0) is 14.3. The average molecular weight is 293 g/mol. The van der Waals surface area contributed by atoms with E-state index in [9.17, 15) is 9.59 Å². The van der Waals surface area contributed by atoms with Crippen LogP contribution in [0.1, 0.15) is 40.1 Å². The number of hydrogen-bond donors (Lipinski definition) is 3. The van der Waals surface area contributed by atoms with Crippen molar-refractivity contribution in [3.05, 3.63) is 16.0 Å². The van der Waals surface area contributed by atoms with Crippen molar-refractivity contribution in [2.45, 2.75) is 32.1 Å². The van der Waals surface area contributed by atoms with E-state index in [1.807, 2.05) is 0 Å². The Morgan fingerprint density at radius 1 is 1.35 bits per heavy atom. The Labute approximate surface area is 119 Å². The maximum absolute atomic E-state index is 11.9. The number of nitrogens with one attached hydrogen (secondary N) is 1. The van der Waals surface area contributed by atoms with Gasteiger partial charge >= 0.3 is 0 Å². The van der Waals surface area contributed by atoms with Gasteiger partial charge in [0, 0.05) is 17.2 Å². The van der Waals surface area contributed by atoms with Gasteiger partial charge < -0.3 is 16.3 Å². The molecular weight excluding hydrogens is 278 g/mol. The molecule has 1 heterocycles. The lowest BCUT2D eigenvalue weighted by Crippen LogP contribution is -2.20. The van der Waals surface area contributed by atoms with E-state index in [1.165, 1.54) is 11.3 Å². The molecule has 2 amide bonds. The lowest BCUT2D eigenvalue weighted by Gasteiger charge is -2.12. The summed E-state index contributed by atoms with van der Waals surface area (Å²) in [6.45, 7) is 0. The molecule has 1 aromatic rings. The molecule has 1 saturated carbocycles. The SMILES string of the molecule is NC(=O)c1c(NC(=O)C2CC2)sc2c1CCC(=NO)C2. The van der Waals surface area contributed by atoms with Crippen molar-refractivity contribution in [2.75, 3.05) is 5.32 Å². The van der Waals surface area contributed by atoms with Crippen molar-refractivity contribution in [1.82, 2.24) is 0 Å². The largest absolute Gasteiger partial charge is 0.411 e. The second kappa shape index (κ2) is 4.90. The predicted molar refractivity (Wildman–Crippen MR) is 75.4 cm³/mol. The van der Waals surface area contributed by atoms with Gasteiger partial charge in [0.2, 0.25) is 5.91 Å². The number of amides is 2. The minimum absolute atomic E-state index is 0.0397. The zero-order valence-electron chi connectivity index (χ0n) is 10.8. The second-order valence-electron chi connectivity index (χ2n) is 5.18. The summed E-state index contributed by atoms with van der Waals surface area (Å²) < 4.78 is 0. The Hall–Kier alpha value is -1.89. The third-order valence-corrected chi connectivity index (χ3v) is 4.84. The minimum Gasteiger partial charge on any atom is -0.411 e. The first kappa shape index (κ1) is 13.1. The van der Waals surface area contributed by atoms with Gasteiger partial charge in [-0.1, -0.05) is 5.16 Å². The normalized spacial score (nSPS) is 19.7. The molecule has 7 heteroatoms. The summed E-state index contributed by atoms with van der Waals surface area (Å²) in [4.78, 5) is 24.5. The van der Waals surface area contributed by atoms with Crippen molar-refractivity contribution >= 4 is 33.9 Å². The van der Waals surface area contributed by atoms with E-state index in [-0.39, 0.29) is 11.8 Å². The average Bonchev–Trinajstić information content (AvgIpc) is 3.19. The fourth-order valence-corrected chi connectivity index (χ4v) is 3.75. The fourth-order valence-electron chi connectivity index (χ4n) is 2.46. The summed E-state index contributed by atoms with van der Waals surface area (Å²) in [5.41, 5.74) is 7.46. The number of primary amides is 1. The molecule has 0 bridgehead atoms. The van der Waals surface area contributed by atoms with Gasteiger partial charge in [-0.25, -0.2) is 0 Å². The third kappa shape index (κ3) is 2.29. The first-order valence-electron chi connectivity index (χ1n) is 6.55. The van der Waals surface area contributed by atoms with Gasteiger partial charge in [-0.3, -0.25) is 9.59 Å². The van der Waals surface area contributed by atoms with Gasteiger partial charge in [0.15, 0.2) is 0 Å². The molecule has 0 aromatic carbocycles. The summed E-state index contributed by atoms with van der Waals surface area (Å²) in [6.07, 6.45) is 3.55. The highest BCUT2D eigenvalue weighted by atomic mass is 32.1. The standard InChI is InChI=1S/C13H15N3O3S/c14-11(17)10-8-4-3-7(16-19)5-9(8)20-13(10)15-12(18)6-1-2-6/h6,19H,1-5H2,(H2,14,17)(H,15,18). The molecule has 2 aliphatic rings. The lowest BCUT2D eigenvalue weighted by atomic mass is 9.94. The molecule has 0 unspecified atom stereocenters. The van der Waals surface area contributed by atoms with Gasteiger partial charge in [-0.05, 0) is 31.2 Å². The van der Waals surface area contributed by atoms with E-state index in [0.29, 0.717) is 35.5 Å². The molecule has 106 valence electrons. The predicted octanol–water partition coefficient (Wildman–Crippen LogP) is 1.51. The molecule has 0 radical (unpaired) electrons. The highest BCUT2D eigenvalue weighted by Gasteiger charge is 2.32. The van der Waals surface area contributed by atoms with E-state index in [4.69, 9.17) is 10.9 Å². The Balaban J connectivity index is 1.95. The Morgan fingerprint density at radius 2 is 2.10 bits per heavy atom. The topological polar surface area (TPSA) is 105 Å². The monoisotopic (exact) mass is 293 g/mol. The number of rotatable bonds is 3. The van der Waals surface area contributed by atoms with E-state index in [2.05, 4.69) is 10.5 Å². The Morgan fingerprint density at radius 3 is 2.70 bits per heavy atom. The van der Waals surface area contributed by atoms with Crippen LogP contribution >= 0.6 is 11.3 Å². The quantitative estimate of drug-likeness (QED) is 0.581. The molecule has 20 heavy (non-hydrogen) atoms. The number of anilines is 1. The fraction of sp³-hybridized carbons (Fsp3) is 0.462. The van der Waals surface area contributed by atoms with Crippen LogP contribution < -0.4 is 11.1 Å². The van der Waals surface area contributed by atoms with E-state index in [1.54, 1.807) is 0 Å². The highest BCUT2D eigenvalue weighted by molar-refractivity contribution is 7.17. The first-order chi connectivity index (χ1) is 9.60. The van der Waals surface area contributed by atoms with Crippen LogP contribution in [0.5, 0.6) is 0 Å². The summed E-state index contributed by atoms with van der Waals surface area (Å²) >= 11 is 1.36. The summed E-state index contributed by atoms with van der Waals surface area (Å²) in [5, 5.41) is 15.5. The van der Waals surface area contributed by atoms with Crippen molar-refractivity contribution < 1.29 is 14.8 Å². The summed E-state index contributed by atoms with van der Waals surface area (Å²) in [5.74, 6) is -0.482. The number of carbonyl (C=O) groups is 2. The van der Waals surface area contributed by atoms with Crippen LogP contribution in [0.3, 0.4) is 0 Å².